The summed E-state index contributed by atoms with van der Waals surface area (Å²) in [6, 6.07) is 6.04. The molecule has 0 spiro atoms. The van der Waals surface area contributed by atoms with E-state index in [4.69, 9.17) is 9.47 Å². The Kier molecular flexibility index (Phi) is 6.04. The number of rotatable bonds is 4. The van der Waals surface area contributed by atoms with Gasteiger partial charge in [0.25, 0.3) is 0 Å². The fourth-order valence-electron chi connectivity index (χ4n) is 3.42. The van der Waals surface area contributed by atoms with Gasteiger partial charge in [-0.05, 0) is 49.5 Å². The third-order valence-electron chi connectivity index (χ3n) is 4.71. The molecule has 2 aliphatic rings. The zero-order chi connectivity index (χ0) is 18.6. The first-order valence-electron chi connectivity index (χ1n) is 8.86. The average Bonchev–Trinajstić information content (AvgIpc) is 2.62. The lowest BCUT2D eigenvalue weighted by Gasteiger charge is -2.34. The summed E-state index contributed by atoms with van der Waals surface area (Å²) in [4.78, 5) is 0. The van der Waals surface area contributed by atoms with Crippen LogP contribution in [0.25, 0.3) is 5.57 Å². The molecule has 0 N–H and O–H groups in total. The Morgan fingerprint density at radius 2 is 1.81 bits per heavy atom. The summed E-state index contributed by atoms with van der Waals surface area (Å²) in [5.41, 5.74) is 2.07. The highest BCUT2D eigenvalue weighted by Gasteiger charge is 2.31. The Bertz CT molecular complexity index is 641. The number of benzene rings is 1. The fourth-order valence-corrected chi connectivity index (χ4v) is 3.42. The smallest absolute Gasteiger partial charge is 0.406 e. The molecule has 1 unspecified atom stereocenters. The maximum atomic E-state index is 12.2. The molecule has 1 aromatic carbocycles. The highest BCUT2D eigenvalue weighted by Crippen LogP contribution is 2.35. The quantitative estimate of drug-likeness (QED) is 0.672. The molecule has 0 radical (unpaired) electrons. The van der Waals surface area contributed by atoms with E-state index < -0.39 is 6.36 Å². The normalized spacial score (nSPS) is 27.4. The Labute approximate surface area is 151 Å². The van der Waals surface area contributed by atoms with Crippen LogP contribution in [-0.2, 0) is 9.47 Å². The van der Waals surface area contributed by atoms with E-state index in [1.165, 1.54) is 12.1 Å². The fraction of sp³-hybridized carbons (Fsp3) is 0.500. The van der Waals surface area contributed by atoms with Crippen molar-refractivity contribution >= 4 is 5.57 Å². The van der Waals surface area contributed by atoms with Crippen LogP contribution in [0.1, 0.15) is 31.7 Å². The highest BCUT2D eigenvalue weighted by molar-refractivity contribution is 5.66. The molecular weight excluding hydrogens is 345 g/mol. The van der Waals surface area contributed by atoms with Crippen LogP contribution in [0.15, 0.2) is 42.5 Å². The number of halogens is 3. The van der Waals surface area contributed by atoms with Crippen molar-refractivity contribution < 1.29 is 27.4 Å². The van der Waals surface area contributed by atoms with Crippen molar-refractivity contribution in [1.82, 2.24) is 0 Å². The third kappa shape index (κ3) is 5.11. The van der Waals surface area contributed by atoms with E-state index in [-0.39, 0.29) is 12.0 Å². The molecule has 1 saturated heterocycles. The molecule has 0 bridgehead atoms. The summed E-state index contributed by atoms with van der Waals surface area (Å²) in [6.45, 7) is 3.35. The van der Waals surface area contributed by atoms with Gasteiger partial charge in [-0.15, -0.1) is 13.2 Å². The van der Waals surface area contributed by atoms with E-state index in [9.17, 15) is 13.2 Å². The largest absolute Gasteiger partial charge is 0.573 e. The van der Waals surface area contributed by atoms with Crippen LogP contribution in [0.4, 0.5) is 13.2 Å². The minimum Gasteiger partial charge on any atom is -0.406 e. The number of hydrogen-bond acceptors (Lipinski definition) is 3. The first-order valence-corrected chi connectivity index (χ1v) is 8.86. The molecule has 6 heteroatoms. The SMILES string of the molecule is C/C=C/C1COC(C2CC=C(c3ccc(OC(F)(F)F)cc3)CC2)OC1. The molecule has 1 heterocycles. The highest BCUT2D eigenvalue weighted by atomic mass is 19.4. The van der Waals surface area contributed by atoms with Gasteiger partial charge < -0.3 is 14.2 Å². The van der Waals surface area contributed by atoms with Crippen LogP contribution in [0.5, 0.6) is 5.75 Å². The van der Waals surface area contributed by atoms with Crippen LogP contribution in [0.2, 0.25) is 0 Å². The minimum absolute atomic E-state index is 0.170. The summed E-state index contributed by atoms with van der Waals surface area (Å²) in [7, 11) is 0. The lowest BCUT2D eigenvalue weighted by atomic mass is 9.86. The van der Waals surface area contributed by atoms with Crippen molar-refractivity contribution in [2.75, 3.05) is 13.2 Å². The number of hydrogen-bond donors (Lipinski definition) is 0. The summed E-state index contributed by atoms with van der Waals surface area (Å²) in [5.74, 6) is 0.441. The summed E-state index contributed by atoms with van der Waals surface area (Å²) < 4.78 is 52.3. The molecule has 3 nitrogen and oxygen atoms in total. The van der Waals surface area contributed by atoms with E-state index in [1.54, 1.807) is 12.1 Å². The molecule has 1 aliphatic heterocycles. The molecule has 0 amide bonds. The van der Waals surface area contributed by atoms with E-state index in [0.717, 1.165) is 30.4 Å². The molecule has 142 valence electrons. The predicted molar refractivity (Wildman–Crippen MR) is 92.4 cm³/mol. The second kappa shape index (κ2) is 8.27. The van der Waals surface area contributed by atoms with Crippen molar-refractivity contribution in [2.45, 2.75) is 38.8 Å². The van der Waals surface area contributed by atoms with Crippen molar-refractivity contribution in [3.05, 3.63) is 48.1 Å². The van der Waals surface area contributed by atoms with Crippen LogP contribution in [0, 0.1) is 11.8 Å². The average molecular weight is 368 g/mol. The van der Waals surface area contributed by atoms with Gasteiger partial charge in [-0.1, -0.05) is 30.4 Å². The van der Waals surface area contributed by atoms with Gasteiger partial charge in [-0.2, -0.15) is 0 Å². The summed E-state index contributed by atoms with van der Waals surface area (Å²) >= 11 is 0. The molecule has 0 aromatic heterocycles. The minimum atomic E-state index is -4.66. The number of ether oxygens (including phenoxy) is 3. The Morgan fingerprint density at radius 3 is 2.35 bits per heavy atom. The Hall–Kier alpha value is -1.79. The lowest BCUT2D eigenvalue weighted by Crippen LogP contribution is -2.37. The van der Waals surface area contributed by atoms with Gasteiger partial charge in [0.05, 0.1) is 13.2 Å². The van der Waals surface area contributed by atoms with Gasteiger partial charge in [0.2, 0.25) is 0 Å². The molecule has 1 aliphatic carbocycles. The van der Waals surface area contributed by atoms with E-state index >= 15 is 0 Å². The lowest BCUT2D eigenvalue weighted by molar-refractivity contribution is -0.274. The first-order chi connectivity index (χ1) is 12.4. The molecule has 1 fully saturated rings. The van der Waals surface area contributed by atoms with Crippen LogP contribution < -0.4 is 4.74 Å². The zero-order valence-electron chi connectivity index (χ0n) is 14.7. The van der Waals surface area contributed by atoms with Crippen LogP contribution in [0.3, 0.4) is 0 Å². The van der Waals surface area contributed by atoms with Crippen LogP contribution >= 0.6 is 0 Å². The maximum Gasteiger partial charge on any atom is 0.573 e. The second-order valence-electron chi connectivity index (χ2n) is 6.66. The second-order valence-corrected chi connectivity index (χ2v) is 6.66. The summed E-state index contributed by atoms with van der Waals surface area (Å²) in [5, 5.41) is 0. The first kappa shape index (κ1) is 19.0. The standard InChI is InChI=1S/C20H23F3O3/c1-2-3-14-12-24-19(25-13-14)17-6-4-15(5-7-17)16-8-10-18(11-9-16)26-20(21,22)23/h2-4,8-11,14,17,19H,5-7,12-13H2,1H3/b3-2+. The van der Waals surface area contributed by atoms with Gasteiger partial charge in [0, 0.05) is 11.8 Å². The maximum absolute atomic E-state index is 12.2. The monoisotopic (exact) mass is 368 g/mol. The van der Waals surface area contributed by atoms with Gasteiger partial charge in [0.1, 0.15) is 5.75 Å². The molecule has 26 heavy (non-hydrogen) atoms. The number of alkyl halides is 3. The predicted octanol–water partition coefficient (Wildman–Crippen LogP) is 5.33. The molecule has 0 saturated carbocycles. The zero-order valence-corrected chi connectivity index (χ0v) is 14.7. The molecule has 1 atom stereocenters. The van der Waals surface area contributed by atoms with Crippen molar-refractivity contribution in [1.29, 1.82) is 0 Å². The van der Waals surface area contributed by atoms with Gasteiger partial charge in [0.15, 0.2) is 6.29 Å². The van der Waals surface area contributed by atoms with Crippen molar-refractivity contribution in [3.63, 3.8) is 0 Å². The Morgan fingerprint density at radius 1 is 1.12 bits per heavy atom. The van der Waals surface area contributed by atoms with Crippen molar-refractivity contribution in [3.8, 4) is 5.75 Å². The molecule has 3 rings (SSSR count). The Balaban J connectivity index is 1.55. The van der Waals surface area contributed by atoms with Gasteiger partial charge in [-0.25, -0.2) is 0 Å². The van der Waals surface area contributed by atoms with E-state index in [0.29, 0.717) is 25.0 Å². The van der Waals surface area contributed by atoms with Crippen LogP contribution in [-0.4, -0.2) is 25.9 Å². The van der Waals surface area contributed by atoms with Gasteiger partial charge in [-0.3, -0.25) is 0 Å². The van der Waals surface area contributed by atoms with E-state index in [2.05, 4.69) is 16.9 Å². The third-order valence-corrected chi connectivity index (χ3v) is 4.71. The van der Waals surface area contributed by atoms with E-state index in [1.807, 2.05) is 13.0 Å². The topological polar surface area (TPSA) is 27.7 Å². The van der Waals surface area contributed by atoms with Gasteiger partial charge >= 0.3 is 6.36 Å². The summed E-state index contributed by atoms with van der Waals surface area (Å²) in [6.07, 6.45) is 4.05. The van der Waals surface area contributed by atoms with Crippen molar-refractivity contribution in [2.24, 2.45) is 11.8 Å². The molecular formula is C20H23F3O3. The number of allylic oxidation sites excluding steroid dienone is 3. The molecule has 1 aromatic rings.